The van der Waals surface area contributed by atoms with Crippen molar-refractivity contribution in [2.45, 2.75) is 19.9 Å². The maximum atomic E-state index is 5.39. The molecule has 3 nitrogen and oxygen atoms in total. The van der Waals surface area contributed by atoms with Gasteiger partial charge in [-0.05, 0) is 29.7 Å². The van der Waals surface area contributed by atoms with Gasteiger partial charge in [0.05, 0.1) is 19.9 Å². The number of anilines is 1. The fraction of sp³-hybridized carbons (Fsp3) is 0.294. The van der Waals surface area contributed by atoms with Gasteiger partial charge in [-0.1, -0.05) is 31.2 Å². The fourth-order valence-corrected chi connectivity index (χ4v) is 2.21. The summed E-state index contributed by atoms with van der Waals surface area (Å²) in [5, 5.41) is 3.43. The van der Waals surface area contributed by atoms with Crippen LogP contribution in [0.3, 0.4) is 0 Å². The van der Waals surface area contributed by atoms with E-state index in [4.69, 9.17) is 9.47 Å². The third-order valence-electron chi connectivity index (χ3n) is 3.38. The SMILES string of the molecule is CCc1ccccc1CNc1ccc(OC)cc1OC. The molecule has 0 heterocycles. The molecule has 2 aromatic carbocycles. The van der Waals surface area contributed by atoms with Crippen molar-refractivity contribution in [2.75, 3.05) is 19.5 Å². The second-order valence-corrected chi connectivity index (χ2v) is 4.54. The summed E-state index contributed by atoms with van der Waals surface area (Å²) in [7, 11) is 3.32. The molecule has 20 heavy (non-hydrogen) atoms. The lowest BCUT2D eigenvalue weighted by molar-refractivity contribution is 0.395. The number of benzene rings is 2. The fourth-order valence-electron chi connectivity index (χ4n) is 2.21. The highest BCUT2D eigenvalue weighted by Crippen LogP contribution is 2.29. The standard InChI is InChI=1S/C17H21NO2/c1-4-13-7-5-6-8-14(13)12-18-16-10-9-15(19-2)11-17(16)20-3/h5-11,18H,4,12H2,1-3H3. The normalized spacial score (nSPS) is 10.2. The predicted octanol–water partition coefficient (Wildman–Crippen LogP) is 3.88. The molecule has 0 aromatic heterocycles. The predicted molar refractivity (Wildman–Crippen MR) is 82.7 cm³/mol. The first-order valence-corrected chi connectivity index (χ1v) is 6.81. The van der Waals surface area contributed by atoms with Gasteiger partial charge in [0.25, 0.3) is 0 Å². The topological polar surface area (TPSA) is 30.5 Å². The van der Waals surface area contributed by atoms with Crippen LogP contribution in [0.2, 0.25) is 0 Å². The number of aryl methyl sites for hydroxylation is 1. The van der Waals surface area contributed by atoms with Crippen LogP contribution in [0.15, 0.2) is 42.5 Å². The average Bonchev–Trinajstić information content (AvgIpc) is 2.52. The van der Waals surface area contributed by atoms with Crippen molar-refractivity contribution in [1.82, 2.24) is 0 Å². The van der Waals surface area contributed by atoms with Crippen molar-refractivity contribution in [3.8, 4) is 11.5 Å². The van der Waals surface area contributed by atoms with Gasteiger partial charge >= 0.3 is 0 Å². The summed E-state index contributed by atoms with van der Waals surface area (Å²) in [6.07, 6.45) is 1.04. The average molecular weight is 271 g/mol. The van der Waals surface area contributed by atoms with Gasteiger partial charge in [0, 0.05) is 12.6 Å². The summed E-state index contributed by atoms with van der Waals surface area (Å²) < 4.78 is 10.6. The molecule has 106 valence electrons. The summed E-state index contributed by atoms with van der Waals surface area (Å²) in [5.41, 5.74) is 3.65. The molecule has 0 saturated carbocycles. The van der Waals surface area contributed by atoms with Gasteiger partial charge in [0.15, 0.2) is 0 Å². The van der Waals surface area contributed by atoms with Crippen LogP contribution in [0, 0.1) is 0 Å². The Morgan fingerprint density at radius 3 is 2.35 bits per heavy atom. The van der Waals surface area contributed by atoms with E-state index < -0.39 is 0 Å². The Kier molecular flexibility index (Phi) is 4.88. The summed E-state index contributed by atoms with van der Waals surface area (Å²) in [5.74, 6) is 1.58. The van der Waals surface area contributed by atoms with Crippen LogP contribution in [0.25, 0.3) is 0 Å². The molecule has 0 aliphatic carbocycles. The maximum absolute atomic E-state index is 5.39. The molecule has 0 saturated heterocycles. The molecule has 0 aliphatic rings. The lowest BCUT2D eigenvalue weighted by Gasteiger charge is -2.14. The molecule has 0 spiro atoms. The van der Waals surface area contributed by atoms with Crippen LogP contribution in [0.4, 0.5) is 5.69 Å². The van der Waals surface area contributed by atoms with Gasteiger partial charge in [-0.15, -0.1) is 0 Å². The molecule has 2 rings (SSSR count). The number of rotatable bonds is 6. The number of hydrogen-bond acceptors (Lipinski definition) is 3. The molecule has 3 heteroatoms. The lowest BCUT2D eigenvalue weighted by Crippen LogP contribution is -2.04. The Morgan fingerprint density at radius 1 is 0.950 bits per heavy atom. The smallest absolute Gasteiger partial charge is 0.145 e. The number of hydrogen-bond donors (Lipinski definition) is 1. The maximum Gasteiger partial charge on any atom is 0.145 e. The number of ether oxygens (including phenoxy) is 2. The molecule has 0 bridgehead atoms. The first kappa shape index (κ1) is 14.3. The van der Waals surface area contributed by atoms with Gasteiger partial charge in [0.1, 0.15) is 11.5 Å². The summed E-state index contributed by atoms with van der Waals surface area (Å²) in [6.45, 7) is 2.96. The molecular weight excluding hydrogens is 250 g/mol. The van der Waals surface area contributed by atoms with Crippen molar-refractivity contribution >= 4 is 5.69 Å². The molecular formula is C17H21NO2. The first-order chi connectivity index (χ1) is 9.78. The highest BCUT2D eigenvalue weighted by atomic mass is 16.5. The molecule has 0 aliphatic heterocycles. The number of methoxy groups -OCH3 is 2. The van der Waals surface area contributed by atoms with E-state index in [1.54, 1.807) is 14.2 Å². The van der Waals surface area contributed by atoms with Gasteiger partial charge in [-0.3, -0.25) is 0 Å². The van der Waals surface area contributed by atoms with Crippen LogP contribution in [-0.2, 0) is 13.0 Å². The summed E-state index contributed by atoms with van der Waals surface area (Å²) >= 11 is 0. The van der Waals surface area contributed by atoms with Crippen LogP contribution in [0.1, 0.15) is 18.1 Å². The Hall–Kier alpha value is -2.16. The Bertz CT molecular complexity index is 567. The minimum atomic E-state index is 0.784. The third kappa shape index (κ3) is 3.23. The lowest BCUT2D eigenvalue weighted by atomic mass is 10.1. The molecule has 0 fully saturated rings. The quantitative estimate of drug-likeness (QED) is 0.865. The first-order valence-electron chi connectivity index (χ1n) is 6.81. The zero-order valence-electron chi connectivity index (χ0n) is 12.3. The molecule has 0 unspecified atom stereocenters. The van der Waals surface area contributed by atoms with E-state index in [9.17, 15) is 0 Å². The third-order valence-corrected chi connectivity index (χ3v) is 3.38. The largest absolute Gasteiger partial charge is 0.497 e. The molecule has 0 amide bonds. The van der Waals surface area contributed by atoms with Crippen molar-refractivity contribution in [2.24, 2.45) is 0 Å². The van der Waals surface area contributed by atoms with Gasteiger partial charge in [-0.25, -0.2) is 0 Å². The molecule has 1 N–H and O–H groups in total. The van der Waals surface area contributed by atoms with Crippen molar-refractivity contribution < 1.29 is 9.47 Å². The Labute approximate surface area is 120 Å². The second-order valence-electron chi connectivity index (χ2n) is 4.54. The van der Waals surface area contributed by atoms with Crippen LogP contribution in [-0.4, -0.2) is 14.2 Å². The van der Waals surface area contributed by atoms with Crippen molar-refractivity contribution in [3.63, 3.8) is 0 Å². The molecule has 2 aromatic rings. The van der Waals surface area contributed by atoms with Gasteiger partial charge < -0.3 is 14.8 Å². The number of nitrogens with one attached hydrogen (secondary N) is 1. The van der Waals surface area contributed by atoms with Crippen molar-refractivity contribution in [3.05, 3.63) is 53.6 Å². The van der Waals surface area contributed by atoms with E-state index in [0.29, 0.717) is 0 Å². The van der Waals surface area contributed by atoms with Crippen LogP contribution in [0.5, 0.6) is 11.5 Å². The summed E-state index contributed by atoms with van der Waals surface area (Å²) in [4.78, 5) is 0. The highest BCUT2D eigenvalue weighted by molar-refractivity contribution is 5.59. The minimum absolute atomic E-state index is 0.784. The monoisotopic (exact) mass is 271 g/mol. The Balaban J connectivity index is 2.14. The summed E-state index contributed by atoms with van der Waals surface area (Å²) in [6, 6.07) is 14.3. The van der Waals surface area contributed by atoms with Crippen LogP contribution >= 0.6 is 0 Å². The Morgan fingerprint density at radius 2 is 1.70 bits per heavy atom. The zero-order valence-corrected chi connectivity index (χ0v) is 12.3. The van der Waals surface area contributed by atoms with Crippen LogP contribution < -0.4 is 14.8 Å². The van der Waals surface area contributed by atoms with Gasteiger partial charge in [-0.2, -0.15) is 0 Å². The van der Waals surface area contributed by atoms with E-state index in [0.717, 1.165) is 30.2 Å². The highest BCUT2D eigenvalue weighted by Gasteiger charge is 2.06. The van der Waals surface area contributed by atoms with E-state index in [1.807, 2.05) is 18.2 Å². The molecule has 0 atom stereocenters. The zero-order chi connectivity index (χ0) is 14.4. The van der Waals surface area contributed by atoms with E-state index in [-0.39, 0.29) is 0 Å². The second kappa shape index (κ2) is 6.85. The van der Waals surface area contributed by atoms with E-state index in [2.05, 4.69) is 36.5 Å². The van der Waals surface area contributed by atoms with E-state index >= 15 is 0 Å². The minimum Gasteiger partial charge on any atom is -0.497 e. The van der Waals surface area contributed by atoms with E-state index in [1.165, 1.54) is 11.1 Å². The molecule has 0 radical (unpaired) electrons. The van der Waals surface area contributed by atoms with Crippen molar-refractivity contribution in [1.29, 1.82) is 0 Å². The van der Waals surface area contributed by atoms with Gasteiger partial charge in [0.2, 0.25) is 0 Å².